The van der Waals surface area contributed by atoms with Crippen LogP contribution >= 0.6 is 0 Å². The van der Waals surface area contributed by atoms with E-state index in [0.717, 1.165) is 5.56 Å². The van der Waals surface area contributed by atoms with Gasteiger partial charge in [0.15, 0.2) is 11.5 Å². The number of benzene rings is 2. The van der Waals surface area contributed by atoms with Crippen LogP contribution < -0.4 is 14.8 Å². The first-order chi connectivity index (χ1) is 13.3. The summed E-state index contributed by atoms with van der Waals surface area (Å²) in [7, 11) is 3.23. The highest BCUT2D eigenvalue weighted by molar-refractivity contribution is 5.94. The molecule has 1 N–H and O–H groups in total. The van der Waals surface area contributed by atoms with E-state index in [4.69, 9.17) is 14.2 Å². The molecule has 2 aromatic rings. The molecule has 5 nitrogen and oxygen atoms in total. The largest absolute Gasteiger partial charge is 0.493 e. The number of amides is 1. The van der Waals surface area contributed by atoms with Gasteiger partial charge in [-0.05, 0) is 47.7 Å². The minimum atomic E-state index is -0.170. The minimum absolute atomic E-state index is 0.0614. The zero-order chi connectivity index (χ0) is 20.7. The summed E-state index contributed by atoms with van der Waals surface area (Å²) in [5, 5.41) is 3.04. The van der Waals surface area contributed by atoms with E-state index in [2.05, 4.69) is 26.1 Å². The fourth-order valence-corrected chi connectivity index (χ4v) is 2.79. The number of rotatable bonds is 8. The van der Waals surface area contributed by atoms with Gasteiger partial charge in [-0.3, -0.25) is 4.79 Å². The normalized spacial score (nSPS) is 12.4. The second kappa shape index (κ2) is 9.60. The van der Waals surface area contributed by atoms with Crippen LogP contribution in [0.3, 0.4) is 0 Å². The van der Waals surface area contributed by atoms with Crippen LogP contribution in [-0.4, -0.2) is 33.3 Å². The standard InChI is InChI=1S/C23H31NO4/c1-16(18-9-12-20(21(15-18)27-6)28-14-13-26-5)24-22(25)17-7-10-19(11-8-17)23(2,3)4/h7-12,15-16H,13-14H2,1-6H3,(H,24,25). The number of carbonyl (C=O) groups is 1. The van der Waals surface area contributed by atoms with Crippen LogP contribution in [0.4, 0.5) is 0 Å². The molecule has 1 unspecified atom stereocenters. The van der Waals surface area contributed by atoms with Crippen LogP contribution in [0.25, 0.3) is 0 Å². The maximum Gasteiger partial charge on any atom is 0.251 e. The van der Waals surface area contributed by atoms with E-state index >= 15 is 0 Å². The zero-order valence-electron chi connectivity index (χ0n) is 17.7. The van der Waals surface area contributed by atoms with Gasteiger partial charge < -0.3 is 19.5 Å². The van der Waals surface area contributed by atoms with Gasteiger partial charge in [-0.2, -0.15) is 0 Å². The maximum atomic E-state index is 12.6. The molecule has 0 bridgehead atoms. The van der Waals surface area contributed by atoms with Gasteiger partial charge in [0.1, 0.15) is 6.61 Å². The Bertz CT molecular complexity index is 778. The first kappa shape index (κ1) is 21.8. The Hall–Kier alpha value is -2.53. The summed E-state index contributed by atoms with van der Waals surface area (Å²) in [6.45, 7) is 9.36. The first-order valence-electron chi connectivity index (χ1n) is 9.47. The van der Waals surface area contributed by atoms with Crippen molar-refractivity contribution in [2.75, 3.05) is 27.4 Å². The third-order valence-corrected chi connectivity index (χ3v) is 4.59. The Kier molecular flexibility index (Phi) is 7.46. The Morgan fingerprint density at radius 2 is 1.68 bits per heavy atom. The molecule has 0 radical (unpaired) electrons. The van der Waals surface area contributed by atoms with Crippen LogP contribution in [-0.2, 0) is 10.2 Å². The van der Waals surface area contributed by atoms with E-state index in [1.165, 1.54) is 5.56 Å². The van der Waals surface area contributed by atoms with Crippen LogP contribution in [0.1, 0.15) is 55.2 Å². The molecule has 2 rings (SSSR count). The van der Waals surface area contributed by atoms with Crippen molar-refractivity contribution in [3.63, 3.8) is 0 Å². The first-order valence-corrected chi connectivity index (χ1v) is 9.47. The third-order valence-electron chi connectivity index (χ3n) is 4.59. The van der Waals surface area contributed by atoms with Crippen molar-refractivity contribution < 1.29 is 19.0 Å². The molecule has 0 fully saturated rings. The lowest BCUT2D eigenvalue weighted by molar-refractivity contribution is 0.0939. The highest BCUT2D eigenvalue weighted by atomic mass is 16.5. The molecule has 1 amide bonds. The highest BCUT2D eigenvalue weighted by Crippen LogP contribution is 2.30. The summed E-state index contributed by atoms with van der Waals surface area (Å²) in [5.41, 5.74) is 2.85. The van der Waals surface area contributed by atoms with Crippen LogP contribution in [0.5, 0.6) is 11.5 Å². The van der Waals surface area contributed by atoms with Crippen molar-refractivity contribution in [2.45, 2.75) is 39.2 Å². The zero-order valence-corrected chi connectivity index (χ0v) is 17.7. The van der Waals surface area contributed by atoms with Gasteiger partial charge in [0.25, 0.3) is 5.91 Å². The van der Waals surface area contributed by atoms with Crippen molar-refractivity contribution in [1.29, 1.82) is 0 Å². The molecule has 0 heterocycles. The molecule has 0 aliphatic rings. The summed E-state index contributed by atoms with van der Waals surface area (Å²) >= 11 is 0. The van der Waals surface area contributed by atoms with Crippen LogP contribution in [0.2, 0.25) is 0 Å². The minimum Gasteiger partial charge on any atom is -0.493 e. The van der Waals surface area contributed by atoms with E-state index in [1.54, 1.807) is 14.2 Å². The van der Waals surface area contributed by atoms with E-state index in [-0.39, 0.29) is 17.4 Å². The summed E-state index contributed by atoms with van der Waals surface area (Å²) in [6, 6.07) is 13.3. The molecule has 0 spiro atoms. The van der Waals surface area contributed by atoms with Crippen molar-refractivity contribution >= 4 is 5.91 Å². The molecule has 1 atom stereocenters. The van der Waals surface area contributed by atoms with Gasteiger partial charge in [-0.1, -0.05) is 39.0 Å². The summed E-state index contributed by atoms with van der Waals surface area (Å²) in [6.07, 6.45) is 0. The van der Waals surface area contributed by atoms with Crippen LogP contribution in [0, 0.1) is 0 Å². The molecular weight excluding hydrogens is 354 g/mol. The number of hydrogen-bond acceptors (Lipinski definition) is 4. The molecule has 5 heteroatoms. The number of hydrogen-bond donors (Lipinski definition) is 1. The Labute approximate surface area is 168 Å². The number of ether oxygens (including phenoxy) is 3. The van der Waals surface area contributed by atoms with E-state index in [0.29, 0.717) is 30.3 Å². The Morgan fingerprint density at radius 3 is 2.25 bits per heavy atom. The lowest BCUT2D eigenvalue weighted by Crippen LogP contribution is -2.26. The number of methoxy groups -OCH3 is 2. The van der Waals surface area contributed by atoms with Crippen molar-refractivity contribution in [2.24, 2.45) is 0 Å². The predicted octanol–water partition coefficient (Wildman–Crippen LogP) is 4.51. The molecule has 152 valence electrons. The summed E-state index contributed by atoms with van der Waals surface area (Å²) < 4.78 is 16.1. The van der Waals surface area contributed by atoms with Gasteiger partial charge in [0, 0.05) is 12.7 Å². The average molecular weight is 386 g/mol. The van der Waals surface area contributed by atoms with Crippen molar-refractivity contribution in [3.8, 4) is 11.5 Å². The Balaban J connectivity index is 2.07. The van der Waals surface area contributed by atoms with E-state index in [9.17, 15) is 4.79 Å². The quantitative estimate of drug-likeness (QED) is 0.680. The lowest BCUT2D eigenvalue weighted by Gasteiger charge is -2.20. The van der Waals surface area contributed by atoms with Crippen LogP contribution in [0.15, 0.2) is 42.5 Å². The van der Waals surface area contributed by atoms with Crippen molar-refractivity contribution in [1.82, 2.24) is 5.32 Å². The molecule has 0 aromatic heterocycles. The lowest BCUT2D eigenvalue weighted by atomic mass is 9.86. The second-order valence-corrected chi connectivity index (χ2v) is 7.77. The molecule has 2 aromatic carbocycles. The maximum absolute atomic E-state index is 12.6. The van der Waals surface area contributed by atoms with Gasteiger partial charge in [0.2, 0.25) is 0 Å². The van der Waals surface area contributed by atoms with Gasteiger partial charge in [-0.15, -0.1) is 0 Å². The van der Waals surface area contributed by atoms with Gasteiger partial charge in [-0.25, -0.2) is 0 Å². The molecule has 0 saturated heterocycles. The molecule has 28 heavy (non-hydrogen) atoms. The summed E-state index contributed by atoms with van der Waals surface area (Å²) in [5.74, 6) is 1.18. The fraction of sp³-hybridized carbons (Fsp3) is 0.435. The van der Waals surface area contributed by atoms with E-state index < -0.39 is 0 Å². The summed E-state index contributed by atoms with van der Waals surface area (Å²) in [4.78, 5) is 12.6. The molecule has 0 saturated carbocycles. The van der Waals surface area contributed by atoms with Gasteiger partial charge >= 0.3 is 0 Å². The SMILES string of the molecule is COCCOc1ccc(C(C)NC(=O)c2ccc(C(C)(C)C)cc2)cc1OC. The monoisotopic (exact) mass is 385 g/mol. The molecular formula is C23H31NO4. The number of carbonyl (C=O) groups excluding carboxylic acids is 1. The smallest absolute Gasteiger partial charge is 0.251 e. The van der Waals surface area contributed by atoms with Crippen molar-refractivity contribution in [3.05, 3.63) is 59.2 Å². The molecule has 0 aliphatic carbocycles. The third kappa shape index (κ3) is 5.73. The topological polar surface area (TPSA) is 56.8 Å². The highest BCUT2D eigenvalue weighted by Gasteiger charge is 2.16. The Morgan fingerprint density at radius 1 is 1.00 bits per heavy atom. The average Bonchev–Trinajstić information content (AvgIpc) is 2.67. The van der Waals surface area contributed by atoms with Gasteiger partial charge in [0.05, 0.1) is 19.8 Å². The fourth-order valence-electron chi connectivity index (χ4n) is 2.79. The predicted molar refractivity (Wildman–Crippen MR) is 111 cm³/mol. The second-order valence-electron chi connectivity index (χ2n) is 7.77. The molecule has 0 aliphatic heterocycles. The van der Waals surface area contributed by atoms with E-state index in [1.807, 2.05) is 49.4 Å². The number of nitrogens with one attached hydrogen (secondary N) is 1.